The van der Waals surface area contributed by atoms with Crippen molar-refractivity contribution in [2.45, 2.75) is 13.3 Å². The fourth-order valence-electron chi connectivity index (χ4n) is 1.68. The minimum Gasteiger partial charge on any atom is -0.351 e. The Bertz CT molecular complexity index is 636. The molecule has 1 N–H and O–H groups in total. The molecule has 0 spiro atoms. The van der Waals surface area contributed by atoms with Gasteiger partial charge in [-0.25, -0.2) is 4.98 Å². The summed E-state index contributed by atoms with van der Waals surface area (Å²) in [5.41, 5.74) is 0.861. The second-order valence-corrected chi connectivity index (χ2v) is 4.20. The Balaban J connectivity index is 2.22. The van der Waals surface area contributed by atoms with Crippen LogP contribution < -0.4 is 5.32 Å². The van der Waals surface area contributed by atoms with E-state index >= 15 is 0 Å². The maximum Gasteiger partial charge on any atom is 0.271 e. The van der Waals surface area contributed by atoms with E-state index < -0.39 is 4.92 Å². The van der Waals surface area contributed by atoms with Gasteiger partial charge in [-0.2, -0.15) is 0 Å². The van der Waals surface area contributed by atoms with Crippen LogP contribution in [0.3, 0.4) is 0 Å². The molecule has 0 saturated carbocycles. The number of benzene rings is 1. The normalized spacial score (nSPS) is 10.2. The summed E-state index contributed by atoms with van der Waals surface area (Å²) in [6.45, 7) is 2.55. The van der Waals surface area contributed by atoms with Crippen molar-refractivity contribution in [2.24, 2.45) is 0 Å². The van der Waals surface area contributed by atoms with Gasteiger partial charge in [-0.1, -0.05) is 13.0 Å². The van der Waals surface area contributed by atoms with Crippen LogP contribution >= 0.6 is 0 Å². The summed E-state index contributed by atoms with van der Waals surface area (Å²) in [6, 6.07) is 6.14. The highest BCUT2D eigenvalue weighted by molar-refractivity contribution is 5.92. The lowest BCUT2D eigenvalue weighted by atomic mass is 10.3. The molecule has 0 aliphatic carbocycles. The van der Waals surface area contributed by atoms with Crippen molar-refractivity contribution in [3.63, 3.8) is 0 Å². The fourth-order valence-corrected chi connectivity index (χ4v) is 1.68. The SMILES string of the molecule is CCCNC(=O)c1cn(-c2cccc([N+](=O)[O-])c2)cn1. The molecule has 1 aromatic heterocycles. The quantitative estimate of drug-likeness (QED) is 0.666. The van der Waals surface area contributed by atoms with Gasteiger partial charge in [-0.05, 0) is 12.5 Å². The summed E-state index contributed by atoms with van der Waals surface area (Å²) >= 11 is 0. The van der Waals surface area contributed by atoms with E-state index in [0.717, 1.165) is 6.42 Å². The number of carbonyl (C=O) groups is 1. The molecule has 1 aromatic carbocycles. The fraction of sp³-hybridized carbons (Fsp3) is 0.231. The van der Waals surface area contributed by atoms with Crippen LogP contribution in [0.1, 0.15) is 23.8 Å². The average molecular weight is 274 g/mol. The van der Waals surface area contributed by atoms with Crippen molar-refractivity contribution >= 4 is 11.6 Å². The monoisotopic (exact) mass is 274 g/mol. The summed E-state index contributed by atoms with van der Waals surface area (Å²) < 4.78 is 1.58. The number of hydrogen-bond donors (Lipinski definition) is 1. The minimum atomic E-state index is -0.463. The van der Waals surface area contributed by atoms with Crippen LogP contribution in [-0.4, -0.2) is 26.9 Å². The largest absolute Gasteiger partial charge is 0.351 e. The number of carbonyl (C=O) groups excluding carboxylic acids is 1. The summed E-state index contributed by atoms with van der Waals surface area (Å²) in [5.74, 6) is -0.254. The average Bonchev–Trinajstić information content (AvgIpc) is 2.94. The van der Waals surface area contributed by atoms with Crippen molar-refractivity contribution in [3.05, 3.63) is 52.6 Å². The van der Waals surface area contributed by atoms with Gasteiger partial charge < -0.3 is 9.88 Å². The van der Waals surface area contributed by atoms with Crippen LogP contribution in [0.15, 0.2) is 36.8 Å². The lowest BCUT2D eigenvalue weighted by Crippen LogP contribution is -2.24. The highest BCUT2D eigenvalue weighted by Crippen LogP contribution is 2.16. The van der Waals surface area contributed by atoms with Gasteiger partial charge in [0, 0.05) is 24.9 Å². The Kier molecular flexibility index (Phi) is 4.09. The van der Waals surface area contributed by atoms with Crippen molar-refractivity contribution in [3.8, 4) is 5.69 Å². The maximum absolute atomic E-state index is 11.7. The second kappa shape index (κ2) is 5.96. The van der Waals surface area contributed by atoms with Crippen LogP contribution in [0.25, 0.3) is 5.69 Å². The molecule has 0 aliphatic rings. The number of nitro groups is 1. The van der Waals surface area contributed by atoms with Gasteiger partial charge >= 0.3 is 0 Å². The molecule has 104 valence electrons. The second-order valence-electron chi connectivity index (χ2n) is 4.20. The molecule has 20 heavy (non-hydrogen) atoms. The molecule has 0 radical (unpaired) electrons. The van der Waals surface area contributed by atoms with Gasteiger partial charge in [0.2, 0.25) is 0 Å². The van der Waals surface area contributed by atoms with E-state index in [1.165, 1.54) is 18.5 Å². The summed E-state index contributed by atoms with van der Waals surface area (Å²) in [7, 11) is 0. The molecule has 0 fully saturated rings. The molecule has 1 heterocycles. The molecule has 7 heteroatoms. The predicted molar refractivity (Wildman–Crippen MR) is 72.8 cm³/mol. The number of nitrogens with one attached hydrogen (secondary N) is 1. The smallest absolute Gasteiger partial charge is 0.271 e. The number of non-ortho nitro benzene ring substituents is 1. The lowest BCUT2D eigenvalue weighted by Gasteiger charge is -2.01. The van der Waals surface area contributed by atoms with Gasteiger partial charge in [0.25, 0.3) is 11.6 Å². The van der Waals surface area contributed by atoms with E-state index in [2.05, 4.69) is 10.3 Å². The third-order valence-corrected chi connectivity index (χ3v) is 2.69. The first-order valence-corrected chi connectivity index (χ1v) is 6.19. The standard InChI is InChI=1S/C13H14N4O3/c1-2-6-14-13(18)12-8-16(9-15-12)10-4-3-5-11(7-10)17(19)20/h3-5,7-9H,2,6H2,1H3,(H,14,18). The Morgan fingerprint density at radius 3 is 3.00 bits per heavy atom. The number of amides is 1. The van der Waals surface area contributed by atoms with E-state index in [0.29, 0.717) is 12.2 Å². The molecular formula is C13H14N4O3. The maximum atomic E-state index is 11.7. The molecular weight excluding hydrogens is 260 g/mol. The van der Waals surface area contributed by atoms with Crippen molar-refractivity contribution in [2.75, 3.05) is 6.54 Å². The zero-order valence-corrected chi connectivity index (χ0v) is 10.9. The van der Waals surface area contributed by atoms with Crippen molar-refractivity contribution < 1.29 is 9.72 Å². The first kappa shape index (κ1) is 13.7. The van der Waals surface area contributed by atoms with Crippen LogP contribution in [0, 0.1) is 10.1 Å². The number of nitro benzene ring substituents is 1. The van der Waals surface area contributed by atoms with Crippen LogP contribution in [0.5, 0.6) is 0 Å². The van der Waals surface area contributed by atoms with E-state index in [4.69, 9.17) is 0 Å². The third-order valence-electron chi connectivity index (χ3n) is 2.69. The van der Waals surface area contributed by atoms with Gasteiger partial charge in [0.15, 0.2) is 0 Å². The van der Waals surface area contributed by atoms with E-state index in [-0.39, 0.29) is 17.3 Å². The van der Waals surface area contributed by atoms with Gasteiger partial charge in [-0.3, -0.25) is 14.9 Å². The zero-order chi connectivity index (χ0) is 14.5. The van der Waals surface area contributed by atoms with E-state index in [1.54, 1.807) is 22.9 Å². The predicted octanol–water partition coefficient (Wildman–Crippen LogP) is 1.92. The van der Waals surface area contributed by atoms with Crippen LogP contribution in [-0.2, 0) is 0 Å². The summed E-state index contributed by atoms with van der Waals surface area (Å²) in [4.78, 5) is 26.0. The lowest BCUT2D eigenvalue weighted by molar-refractivity contribution is -0.384. The van der Waals surface area contributed by atoms with E-state index in [9.17, 15) is 14.9 Å². The van der Waals surface area contributed by atoms with Gasteiger partial charge in [0.05, 0.1) is 10.6 Å². The topological polar surface area (TPSA) is 90.1 Å². The molecule has 0 atom stereocenters. The van der Waals surface area contributed by atoms with Gasteiger partial charge in [-0.15, -0.1) is 0 Å². The Morgan fingerprint density at radius 2 is 2.30 bits per heavy atom. The number of imidazole rings is 1. The molecule has 2 rings (SSSR count). The summed E-state index contributed by atoms with van der Waals surface area (Å²) in [5, 5.41) is 13.5. The first-order chi connectivity index (χ1) is 9.61. The molecule has 0 aliphatic heterocycles. The van der Waals surface area contributed by atoms with Crippen LogP contribution in [0.2, 0.25) is 0 Å². The third kappa shape index (κ3) is 3.00. The highest BCUT2D eigenvalue weighted by Gasteiger charge is 2.11. The Labute approximate surface area is 115 Å². The minimum absolute atomic E-state index is 0.00631. The zero-order valence-electron chi connectivity index (χ0n) is 10.9. The first-order valence-electron chi connectivity index (χ1n) is 6.19. The Hall–Kier alpha value is -2.70. The molecule has 0 unspecified atom stereocenters. The van der Waals surface area contributed by atoms with Gasteiger partial charge in [0.1, 0.15) is 12.0 Å². The number of aromatic nitrogens is 2. The number of hydrogen-bond acceptors (Lipinski definition) is 4. The number of nitrogens with zero attached hydrogens (tertiary/aromatic N) is 3. The van der Waals surface area contributed by atoms with Crippen molar-refractivity contribution in [1.82, 2.24) is 14.9 Å². The van der Waals surface area contributed by atoms with Crippen LogP contribution in [0.4, 0.5) is 5.69 Å². The Morgan fingerprint density at radius 1 is 1.50 bits per heavy atom. The van der Waals surface area contributed by atoms with Crippen molar-refractivity contribution in [1.29, 1.82) is 0 Å². The molecule has 0 bridgehead atoms. The summed E-state index contributed by atoms with van der Waals surface area (Å²) in [6.07, 6.45) is 3.85. The number of rotatable bonds is 5. The van der Waals surface area contributed by atoms with E-state index in [1.807, 2.05) is 6.92 Å². The molecule has 2 aromatic rings. The molecule has 7 nitrogen and oxygen atoms in total. The molecule has 1 amide bonds. The highest BCUT2D eigenvalue weighted by atomic mass is 16.6. The molecule has 0 saturated heterocycles.